The summed E-state index contributed by atoms with van der Waals surface area (Å²) in [6, 6.07) is 16.5. The number of aromatic nitrogens is 4. The molecule has 0 aliphatic rings. The fourth-order valence-electron chi connectivity index (χ4n) is 2.26. The quantitative estimate of drug-likeness (QED) is 0.663. The van der Waals surface area contributed by atoms with Crippen LogP contribution in [0.15, 0.2) is 54.6 Å². The Morgan fingerprint density at radius 1 is 1.04 bits per heavy atom. The molecule has 1 N–H and O–H groups in total. The van der Waals surface area contributed by atoms with Crippen LogP contribution in [-0.2, 0) is 11.3 Å². The first-order chi connectivity index (χ1) is 12.8. The van der Waals surface area contributed by atoms with Gasteiger partial charge in [0.1, 0.15) is 11.5 Å². The highest BCUT2D eigenvalue weighted by Crippen LogP contribution is 2.15. The number of rotatable bonds is 8. The predicted molar refractivity (Wildman–Crippen MR) is 94.1 cm³/mol. The minimum absolute atomic E-state index is 0.0748. The van der Waals surface area contributed by atoms with Gasteiger partial charge in [-0.25, -0.2) is 0 Å². The second-order valence-electron chi connectivity index (χ2n) is 5.31. The Bertz CT molecular complexity index is 834. The highest BCUT2D eigenvalue weighted by atomic mass is 16.5. The van der Waals surface area contributed by atoms with E-state index in [0.29, 0.717) is 18.2 Å². The van der Waals surface area contributed by atoms with E-state index in [1.165, 1.54) is 0 Å². The standard InChI is InChI=1S/C18H19N5O3/c1-2-25-16-10-8-14(9-11-16)23-17(20-21-22-23)12-19-18(24)13-26-15-6-4-3-5-7-15/h3-11H,2,12-13H2,1H3,(H,19,24). The fourth-order valence-corrected chi connectivity index (χ4v) is 2.26. The van der Waals surface area contributed by atoms with Gasteiger partial charge in [0, 0.05) is 0 Å². The van der Waals surface area contributed by atoms with Crippen molar-refractivity contribution >= 4 is 5.91 Å². The SMILES string of the molecule is CCOc1ccc(-n2nnnc2CNC(=O)COc2ccccc2)cc1. The molecule has 0 spiro atoms. The molecule has 0 saturated heterocycles. The molecule has 1 aromatic heterocycles. The van der Waals surface area contributed by atoms with E-state index in [2.05, 4.69) is 20.8 Å². The number of amides is 1. The van der Waals surface area contributed by atoms with Crippen LogP contribution in [0.2, 0.25) is 0 Å². The Morgan fingerprint density at radius 2 is 1.77 bits per heavy atom. The number of carbonyl (C=O) groups excluding carboxylic acids is 1. The van der Waals surface area contributed by atoms with Gasteiger partial charge in [-0.05, 0) is 53.7 Å². The van der Waals surface area contributed by atoms with E-state index in [-0.39, 0.29) is 19.1 Å². The van der Waals surface area contributed by atoms with Gasteiger partial charge >= 0.3 is 0 Å². The Labute approximate surface area is 150 Å². The number of hydrogen-bond acceptors (Lipinski definition) is 6. The Morgan fingerprint density at radius 3 is 2.50 bits per heavy atom. The first-order valence-electron chi connectivity index (χ1n) is 8.21. The van der Waals surface area contributed by atoms with Crippen LogP contribution in [0.25, 0.3) is 5.69 Å². The van der Waals surface area contributed by atoms with Crippen molar-refractivity contribution in [1.82, 2.24) is 25.5 Å². The van der Waals surface area contributed by atoms with Crippen LogP contribution in [0.5, 0.6) is 11.5 Å². The van der Waals surface area contributed by atoms with Crippen LogP contribution in [0, 0.1) is 0 Å². The maximum atomic E-state index is 11.9. The van der Waals surface area contributed by atoms with Crippen LogP contribution < -0.4 is 14.8 Å². The number of carbonyl (C=O) groups is 1. The molecule has 0 radical (unpaired) electrons. The van der Waals surface area contributed by atoms with Crippen molar-refractivity contribution in [2.45, 2.75) is 13.5 Å². The van der Waals surface area contributed by atoms with E-state index in [4.69, 9.17) is 9.47 Å². The molecule has 0 unspecified atom stereocenters. The summed E-state index contributed by atoms with van der Waals surface area (Å²) in [4.78, 5) is 11.9. The van der Waals surface area contributed by atoms with Crippen molar-refractivity contribution in [2.24, 2.45) is 0 Å². The van der Waals surface area contributed by atoms with Gasteiger partial charge in [0.2, 0.25) is 0 Å². The first kappa shape index (κ1) is 17.4. The molecule has 1 heterocycles. The molecule has 3 rings (SSSR count). The van der Waals surface area contributed by atoms with Gasteiger partial charge in [-0.1, -0.05) is 18.2 Å². The van der Waals surface area contributed by atoms with Crippen molar-refractivity contribution in [2.75, 3.05) is 13.2 Å². The molecule has 0 aliphatic heterocycles. The number of tetrazole rings is 1. The minimum atomic E-state index is -0.255. The predicted octanol–water partition coefficient (Wildman–Crippen LogP) is 1.76. The van der Waals surface area contributed by atoms with Gasteiger partial charge in [-0.2, -0.15) is 4.68 Å². The van der Waals surface area contributed by atoms with Gasteiger partial charge < -0.3 is 14.8 Å². The smallest absolute Gasteiger partial charge is 0.258 e. The Hall–Kier alpha value is -3.42. The summed E-state index contributed by atoms with van der Waals surface area (Å²) in [7, 11) is 0. The zero-order chi connectivity index (χ0) is 18.2. The second kappa shape index (κ2) is 8.61. The lowest BCUT2D eigenvalue weighted by atomic mass is 10.3. The average Bonchev–Trinajstić information content (AvgIpc) is 3.15. The number of benzene rings is 2. The van der Waals surface area contributed by atoms with Crippen molar-refractivity contribution < 1.29 is 14.3 Å². The molecule has 3 aromatic rings. The molecule has 134 valence electrons. The van der Waals surface area contributed by atoms with E-state index in [1.807, 2.05) is 49.4 Å². The molecular formula is C18H19N5O3. The summed E-state index contributed by atoms with van der Waals surface area (Å²) in [5.41, 5.74) is 0.781. The van der Waals surface area contributed by atoms with E-state index in [0.717, 1.165) is 11.4 Å². The third-order valence-electron chi connectivity index (χ3n) is 3.48. The minimum Gasteiger partial charge on any atom is -0.494 e. The van der Waals surface area contributed by atoms with Gasteiger partial charge in [-0.15, -0.1) is 5.10 Å². The monoisotopic (exact) mass is 353 g/mol. The van der Waals surface area contributed by atoms with E-state index < -0.39 is 0 Å². The summed E-state index contributed by atoms with van der Waals surface area (Å²) < 4.78 is 12.4. The van der Waals surface area contributed by atoms with Gasteiger partial charge in [-0.3, -0.25) is 4.79 Å². The molecule has 0 fully saturated rings. The molecule has 0 bridgehead atoms. The summed E-state index contributed by atoms with van der Waals surface area (Å²) in [6.07, 6.45) is 0. The van der Waals surface area contributed by atoms with Crippen LogP contribution >= 0.6 is 0 Å². The van der Waals surface area contributed by atoms with Gasteiger partial charge in [0.05, 0.1) is 18.8 Å². The van der Waals surface area contributed by atoms with Gasteiger partial charge in [0.15, 0.2) is 12.4 Å². The zero-order valence-corrected chi connectivity index (χ0v) is 14.3. The second-order valence-corrected chi connectivity index (χ2v) is 5.31. The van der Waals surface area contributed by atoms with Crippen LogP contribution in [0.4, 0.5) is 0 Å². The van der Waals surface area contributed by atoms with E-state index in [1.54, 1.807) is 16.8 Å². The Kier molecular flexibility index (Phi) is 5.76. The third kappa shape index (κ3) is 4.56. The van der Waals surface area contributed by atoms with Crippen LogP contribution in [-0.4, -0.2) is 39.3 Å². The number of para-hydroxylation sites is 1. The lowest BCUT2D eigenvalue weighted by Crippen LogP contribution is -2.29. The molecule has 0 saturated carbocycles. The summed E-state index contributed by atoms with van der Waals surface area (Å²) in [5.74, 6) is 1.68. The molecule has 2 aromatic carbocycles. The molecule has 26 heavy (non-hydrogen) atoms. The highest BCUT2D eigenvalue weighted by Gasteiger charge is 2.10. The maximum Gasteiger partial charge on any atom is 0.258 e. The van der Waals surface area contributed by atoms with Crippen molar-refractivity contribution in [3.8, 4) is 17.2 Å². The van der Waals surface area contributed by atoms with E-state index >= 15 is 0 Å². The largest absolute Gasteiger partial charge is 0.494 e. The number of ether oxygens (including phenoxy) is 2. The molecule has 0 atom stereocenters. The van der Waals surface area contributed by atoms with Crippen molar-refractivity contribution in [3.05, 3.63) is 60.4 Å². The molecule has 1 amide bonds. The topological polar surface area (TPSA) is 91.2 Å². The summed E-state index contributed by atoms with van der Waals surface area (Å²) >= 11 is 0. The molecule has 8 nitrogen and oxygen atoms in total. The van der Waals surface area contributed by atoms with Crippen molar-refractivity contribution in [1.29, 1.82) is 0 Å². The van der Waals surface area contributed by atoms with Crippen molar-refractivity contribution in [3.63, 3.8) is 0 Å². The molecular weight excluding hydrogens is 334 g/mol. The Balaban J connectivity index is 1.56. The average molecular weight is 353 g/mol. The highest BCUT2D eigenvalue weighted by molar-refractivity contribution is 5.77. The van der Waals surface area contributed by atoms with E-state index in [9.17, 15) is 4.79 Å². The third-order valence-corrected chi connectivity index (χ3v) is 3.48. The first-order valence-corrected chi connectivity index (χ1v) is 8.21. The summed E-state index contributed by atoms with van der Waals surface area (Å²) in [6.45, 7) is 2.65. The molecule has 0 aliphatic carbocycles. The van der Waals surface area contributed by atoms with Crippen LogP contribution in [0.1, 0.15) is 12.7 Å². The number of nitrogens with one attached hydrogen (secondary N) is 1. The van der Waals surface area contributed by atoms with Gasteiger partial charge in [0.25, 0.3) is 5.91 Å². The number of hydrogen-bond donors (Lipinski definition) is 1. The normalized spacial score (nSPS) is 10.3. The molecule has 8 heteroatoms. The maximum absolute atomic E-state index is 11.9. The fraction of sp³-hybridized carbons (Fsp3) is 0.222. The zero-order valence-electron chi connectivity index (χ0n) is 14.3. The number of nitrogens with zero attached hydrogens (tertiary/aromatic N) is 4. The lowest BCUT2D eigenvalue weighted by molar-refractivity contribution is -0.123. The lowest BCUT2D eigenvalue weighted by Gasteiger charge is -2.08. The summed E-state index contributed by atoms with van der Waals surface area (Å²) in [5, 5.41) is 14.3. The van der Waals surface area contributed by atoms with Crippen LogP contribution in [0.3, 0.4) is 0 Å².